The first-order chi connectivity index (χ1) is 12.2. The van der Waals surface area contributed by atoms with Crippen molar-refractivity contribution in [3.05, 3.63) is 23.4 Å². The number of hydrogen-bond donors (Lipinski definition) is 1. The molecule has 3 heterocycles. The molecule has 0 bridgehead atoms. The summed E-state index contributed by atoms with van der Waals surface area (Å²) in [5.74, 6) is 2.25. The zero-order valence-corrected chi connectivity index (χ0v) is 14.4. The van der Waals surface area contributed by atoms with Crippen molar-refractivity contribution in [2.45, 2.75) is 38.6 Å². The molecule has 0 radical (unpaired) electrons. The smallest absolute Gasteiger partial charge is 0.317 e. The zero-order valence-electron chi connectivity index (χ0n) is 14.4. The van der Waals surface area contributed by atoms with E-state index in [1.807, 2.05) is 0 Å². The molecule has 2 aromatic rings. The van der Waals surface area contributed by atoms with Gasteiger partial charge in [-0.25, -0.2) is 4.79 Å². The fourth-order valence-corrected chi connectivity index (χ4v) is 2.77. The molecule has 0 aliphatic carbocycles. The van der Waals surface area contributed by atoms with Crippen LogP contribution in [0.3, 0.4) is 0 Å². The first-order valence-electron chi connectivity index (χ1n) is 8.29. The van der Waals surface area contributed by atoms with Gasteiger partial charge in [-0.2, -0.15) is 9.97 Å². The molecule has 0 aromatic carbocycles. The Morgan fingerprint density at radius 2 is 2.24 bits per heavy atom. The molecule has 2 aromatic heterocycles. The number of urea groups is 1. The normalized spacial score (nSPS) is 17.7. The fraction of sp³-hybridized carbons (Fsp3) is 0.667. The van der Waals surface area contributed by atoms with Gasteiger partial charge in [0, 0.05) is 33.0 Å². The molecule has 3 rings (SSSR count). The summed E-state index contributed by atoms with van der Waals surface area (Å²) in [6.07, 6.45) is 2.39. The topological polar surface area (TPSA) is 119 Å². The predicted octanol–water partition coefficient (Wildman–Crippen LogP) is 1.04. The molecule has 1 unspecified atom stereocenters. The van der Waals surface area contributed by atoms with Gasteiger partial charge in [0.25, 0.3) is 0 Å². The Kier molecular flexibility index (Phi) is 5.59. The van der Waals surface area contributed by atoms with Crippen molar-refractivity contribution >= 4 is 6.03 Å². The molecule has 10 nitrogen and oxygen atoms in total. The summed E-state index contributed by atoms with van der Waals surface area (Å²) < 4.78 is 15.1. The fourth-order valence-electron chi connectivity index (χ4n) is 2.77. The largest absolute Gasteiger partial charge is 0.384 e. The molecule has 1 saturated heterocycles. The van der Waals surface area contributed by atoms with Crippen molar-refractivity contribution in [2.24, 2.45) is 0 Å². The number of hydrogen-bond acceptors (Lipinski definition) is 8. The van der Waals surface area contributed by atoms with Gasteiger partial charge in [0.05, 0.1) is 19.6 Å². The van der Waals surface area contributed by atoms with Crippen LogP contribution in [0, 0.1) is 6.92 Å². The number of piperidine rings is 1. The summed E-state index contributed by atoms with van der Waals surface area (Å²) >= 11 is 0. The molecule has 1 fully saturated rings. The van der Waals surface area contributed by atoms with Crippen molar-refractivity contribution in [2.75, 3.05) is 26.8 Å². The molecule has 1 N–H and O–H groups in total. The van der Waals surface area contributed by atoms with Crippen molar-refractivity contribution in [3.63, 3.8) is 0 Å². The molecule has 1 aliphatic rings. The molecular formula is C15H22N6O4. The molecule has 10 heteroatoms. The van der Waals surface area contributed by atoms with E-state index in [4.69, 9.17) is 13.8 Å². The number of likely N-dealkylation sites (tertiary alicyclic amines) is 1. The van der Waals surface area contributed by atoms with Gasteiger partial charge in [-0.05, 0) is 12.8 Å². The second kappa shape index (κ2) is 8.06. The number of carbonyl (C=O) groups excluding carboxylic acids is 1. The Bertz CT molecular complexity index is 700. The summed E-state index contributed by atoms with van der Waals surface area (Å²) in [5, 5.41) is 10.6. The minimum atomic E-state index is -0.159. The van der Waals surface area contributed by atoms with E-state index in [2.05, 4.69) is 25.6 Å². The molecule has 136 valence electrons. The van der Waals surface area contributed by atoms with Crippen LogP contribution in [0.5, 0.6) is 0 Å². The van der Waals surface area contributed by atoms with Gasteiger partial charge >= 0.3 is 6.03 Å². The highest BCUT2D eigenvalue weighted by Gasteiger charge is 2.27. The maximum absolute atomic E-state index is 12.4. The SMILES string of the molecule is COCCc1nc(CNC(=O)N2CCCC(c3noc(C)n3)C2)no1. The number of aromatic nitrogens is 4. The summed E-state index contributed by atoms with van der Waals surface area (Å²) in [4.78, 5) is 22.6. The van der Waals surface area contributed by atoms with Crippen LogP contribution in [0.1, 0.15) is 42.2 Å². The highest BCUT2D eigenvalue weighted by molar-refractivity contribution is 5.74. The van der Waals surface area contributed by atoms with Gasteiger partial charge in [0.15, 0.2) is 11.6 Å². The minimum absolute atomic E-state index is 0.0998. The van der Waals surface area contributed by atoms with Gasteiger partial charge in [-0.3, -0.25) is 0 Å². The standard InChI is InChI=1S/C15H22N6O4/c1-10-17-14(20-24-10)11-4-3-6-21(9-11)15(22)16-8-12-18-13(25-19-12)5-7-23-2/h11H,3-9H2,1-2H3,(H,16,22). The average molecular weight is 350 g/mol. The average Bonchev–Trinajstić information content (AvgIpc) is 3.27. The Morgan fingerprint density at radius 1 is 1.36 bits per heavy atom. The first-order valence-corrected chi connectivity index (χ1v) is 8.29. The monoisotopic (exact) mass is 350 g/mol. The molecular weight excluding hydrogens is 328 g/mol. The van der Waals surface area contributed by atoms with Gasteiger partial charge in [-0.15, -0.1) is 0 Å². The van der Waals surface area contributed by atoms with Crippen LogP contribution in [-0.2, 0) is 17.7 Å². The summed E-state index contributed by atoms with van der Waals surface area (Å²) in [6.45, 7) is 3.76. The lowest BCUT2D eigenvalue weighted by Crippen LogP contribution is -2.45. The molecule has 0 saturated carbocycles. The third kappa shape index (κ3) is 4.53. The summed E-state index contributed by atoms with van der Waals surface area (Å²) in [7, 11) is 1.61. The van der Waals surface area contributed by atoms with Gasteiger partial charge in [0.1, 0.15) is 0 Å². The predicted molar refractivity (Wildman–Crippen MR) is 84.7 cm³/mol. The number of ether oxygens (including phenoxy) is 1. The second-order valence-electron chi connectivity index (χ2n) is 5.96. The summed E-state index contributed by atoms with van der Waals surface area (Å²) in [5.41, 5.74) is 0. The van der Waals surface area contributed by atoms with Crippen molar-refractivity contribution < 1.29 is 18.6 Å². The first kappa shape index (κ1) is 17.3. The zero-order chi connectivity index (χ0) is 17.6. The Labute approximate surface area is 144 Å². The van der Waals surface area contributed by atoms with Crippen LogP contribution in [0.2, 0.25) is 0 Å². The number of amides is 2. The van der Waals surface area contributed by atoms with Crippen molar-refractivity contribution in [1.82, 2.24) is 30.5 Å². The molecule has 0 spiro atoms. The minimum Gasteiger partial charge on any atom is -0.384 e. The van der Waals surface area contributed by atoms with Crippen LogP contribution in [0.4, 0.5) is 4.79 Å². The highest BCUT2D eigenvalue weighted by Crippen LogP contribution is 2.24. The number of carbonyl (C=O) groups is 1. The lowest BCUT2D eigenvalue weighted by Gasteiger charge is -2.31. The highest BCUT2D eigenvalue weighted by atomic mass is 16.5. The quantitative estimate of drug-likeness (QED) is 0.820. The van der Waals surface area contributed by atoms with E-state index in [0.29, 0.717) is 49.5 Å². The number of methoxy groups -OCH3 is 1. The third-order valence-corrected chi connectivity index (χ3v) is 4.04. The maximum Gasteiger partial charge on any atom is 0.317 e. The van der Waals surface area contributed by atoms with E-state index in [-0.39, 0.29) is 18.5 Å². The van der Waals surface area contributed by atoms with E-state index < -0.39 is 0 Å². The van der Waals surface area contributed by atoms with Gasteiger partial charge in [-0.1, -0.05) is 10.3 Å². The Balaban J connectivity index is 1.50. The maximum atomic E-state index is 12.4. The molecule has 25 heavy (non-hydrogen) atoms. The van der Waals surface area contributed by atoms with Crippen molar-refractivity contribution in [3.8, 4) is 0 Å². The van der Waals surface area contributed by atoms with E-state index in [1.54, 1.807) is 18.9 Å². The number of nitrogens with one attached hydrogen (secondary N) is 1. The van der Waals surface area contributed by atoms with E-state index >= 15 is 0 Å². The molecule has 1 atom stereocenters. The lowest BCUT2D eigenvalue weighted by atomic mass is 9.98. The van der Waals surface area contributed by atoms with E-state index in [9.17, 15) is 4.79 Å². The van der Waals surface area contributed by atoms with Crippen LogP contribution < -0.4 is 5.32 Å². The third-order valence-electron chi connectivity index (χ3n) is 4.04. The Morgan fingerprint density at radius 3 is 3.00 bits per heavy atom. The number of rotatable bonds is 6. The van der Waals surface area contributed by atoms with E-state index in [0.717, 1.165) is 12.8 Å². The Hall–Kier alpha value is -2.49. The van der Waals surface area contributed by atoms with Crippen molar-refractivity contribution in [1.29, 1.82) is 0 Å². The van der Waals surface area contributed by atoms with Crippen LogP contribution in [0.25, 0.3) is 0 Å². The van der Waals surface area contributed by atoms with Gasteiger partial charge in [0.2, 0.25) is 11.8 Å². The molecule has 1 aliphatic heterocycles. The molecule has 2 amide bonds. The lowest BCUT2D eigenvalue weighted by molar-refractivity contribution is 0.177. The summed E-state index contributed by atoms with van der Waals surface area (Å²) in [6, 6.07) is -0.159. The van der Waals surface area contributed by atoms with Crippen LogP contribution in [-0.4, -0.2) is 58.0 Å². The van der Waals surface area contributed by atoms with Crippen LogP contribution in [0.15, 0.2) is 9.05 Å². The number of nitrogens with zero attached hydrogens (tertiary/aromatic N) is 5. The van der Waals surface area contributed by atoms with Crippen LogP contribution >= 0.6 is 0 Å². The number of aryl methyl sites for hydroxylation is 1. The second-order valence-corrected chi connectivity index (χ2v) is 5.96. The van der Waals surface area contributed by atoms with E-state index in [1.165, 1.54) is 0 Å². The van der Waals surface area contributed by atoms with Gasteiger partial charge < -0.3 is 24.0 Å².